The van der Waals surface area contributed by atoms with Gasteiger partial charge in [-0.1, -0.05) is 17.3 Å². The van der Waals surface area contributed by atoms with Gasteiger partial charge in [-0.05, 0) is 34.3 Å². The summed E-state index contributed by atoms with van der Waals surface area (Å²) in [6.45, 7) is -0.633. The molecular formula is C17H14BrF3N4O5S2. The largest absolute Gasteiger partial charge is 0.453 e. The molecule has 15 heteroatoms. The van der Waals surface area contributed by atoms with Gasteiger partial charge in [0.25, 0.3) is 5.89 Å². The lowest BCUT2D eigenvalue weighted by atomic mass is 10.2. The molecule has 0 radical (unpaired) electrons. The second-order valence-corrected chi connectivity index (χ2v) is 9.93. The second-order valence-electron chi connectivity index (χ2n) is 6.31. The Morgan fingerprint density at radius 2 is 2.06 bits per heavy atom. The number of nitrogens with zero attached hydrogens (tertiary/aromatic N) is 4. The summed E-state index contributed by atoms with van der Waals surface area (Å²) in [5, 5.41) is 7.19. The van der Waals surface area contributed by atoms with Crippen molar-refractivity contribution in [2.24, 2.45) is 0 Å². The minimum atomic E-state index is -4.82. The molecular weight excluding hydrogens is 541 g/mol. The van der Waals surface area contributed by atoms with Crippen LogP contribution in [0.4, 0.5) is 13.2 Å². The van der Waals surface area contributed by atoms with Crippen LogP contribution in [0.15, 0.2) is 38.2 Å². The molecule has 0 N–H and O–H groups in total. The summed E-state index contributed by atoms with van der Waals surface area (Å²) >= 11 is 4.07. The maximum atomic E-state index is 13.4. The molecule has 0 saturated heterocycles. The first kappa shape index (κ1) is 24.3. The minimum absolute atomic E-state index is 0.00321. The molecule has 0 unspecified atom stereocenters. The molecule has 9 nitrogen and oxygen atoms in total. The molecule has 2 aromatic heterocycles. The maximum Gasteiger partial charge on any atom is 0.436 e. The molecule has 172 valence electrons. The molecule has 0 spiro atoms. The van der Waals surface area contributed by atoms with Gasteiger partial charge >= 0.3 is 12.1 Å². The molecule has 0 atom stereocenters. The van der Waals surface area contributed by atoms with Crippen LogP contribution >= 0.6 is 27.7 Å². The van der Waals surface area contributed by atoms with E-state index in [1.54, 1.807) is 6.26 Å². The number of hydrogen-bond acceptors (Lipinski definition) is 9. The van der Waals surface area contributed by atoms with Gasteiger partial charge in [0.05, 0.1) is 9.37 Å². The van der Waals surface area contributed by atoms with E-state index in [-0.39, 0.29) is 33.8 Å². The number of carbonyl (C=O) groups excluding carboxylic acids is 1. The first-order valence-corrected chi connectivity index (χ1v) is 12.6. The van der Waals surface area contributed by atoms with Crippen molar-refractivity contribution in [3.63, 3.8) is 0 Å². The third kappa shape index (κ3) is 5.32. The number of carbonyl (C=O) groups is 1. The average Bonchev–Trinajstić information content (AvgIpc) is 3.30. The van der Waals surface area contributed by atoms with Gasteiger partial charge in [0.15, 0.2) is 15.5 Å². The summed E-state index contributed by atoms with van der Waals surface area (Å²) in [7, 11) is -3.51. The summed E-state index contributed by atoms with van der Waals surface area (Å²) < 4.78 is 73.9. The number of alkyl halides is 3. The van der Waals surface area contributed by atoms with E-state index < -0.39 is 38.7 Å². The van der Waals surface area contributed by atoms with Gasteiger partial charge in [-0.3, -0.25) is 4.79 Å². The summed E-state index contributed by atoms with van der Waals surface area (Å²) in [6.07, 6.45) is -2.11. The van der Waals surface area contributed by atoms with E-state index in [1.165, 1.54) is 36.0 Å². The van der Waals surface area contributed by atoms with Crippen LogP contribution in [0.25, 0.3) is 23.0 Å². The Morgan fingerprint density at radius 1 is 1.34 bits per heavy atom. The Morgan fingerprint density at radius 3 is 2.69 bits per heavy atom. The molecule has 0 saturated carbocycles. The lowest BCUT2D eigenvalue weighted by Crippen LogP contribution is -2.16. The van der Waals surface area contributed by atoms with Crippen molar-refractivity contribution in [1.29, 1.82) is 0 Å². The summed E-state index contributed by atoms with van der Waals surface area (Å²) in [5.41, 5.74) is -1.30. The van der Waals surface area contributed by atoms with E-state index in [4.69, 9.17) is 9.26 Å². The van der Waals surface area contributed by atoms with Gasteiger partial charge in [-0.25, -0.2) is 13.1 Å². The minimum Gasteiger partial charge on any atom is -0.453 e. The van der Waals surface area contributed by atoms with Crippen molar-refractivity contribution in [3.8, 4) is 23.0 Å². The van der Waals surface area contributed by atoms with E-state index in [0.717, 1.165) is 10.9 Å². The highest BCUT2D eigenvalue weighted by Crippen LogP contribution is 2.39. The molecule has 3 rings (SSSR count). The number of benzene rings is 1. The van der Waals surface area contributed by atoms with Gasteiger partial charge in [-0.15, -0.1) is 11.8 Å². The molecule has 0 aliphatic carbocycles. The van der Waals surface area contributed by atoms with Crippen LogP contribution in [-0.4, -0.2) is 52.8 Å². The molecule has 2 heterocycles. The van der Waals surface area contributed by atoms with Crippen molar-refractivity contribution in [2.75, 3.05) is 18.5 Å². The fourth-order valence-corrected chi connectivity index (χ4v) is 4.13. The smallest absolute Gasteiger partial charge is 0.436 e. The first-order chi connectivity index (χ1) is 14.9. The zero-order valence-corrected chi connectivity index (χ0v) is 19.6. The highest BCUT2D eigenvalue weighted by Gasteiger charge is 2.40. The average molecular weight is 555 g/mol. The third-order valence-electron chi connectivity index (χ3n) is 3.93. The molecule has 32 heavy (non-hydrogen) atoms. The number of rotatable bonds is 7. The lowest BCUT2D eigenvalue weighted by Gasteiger charge is -2.05. The van der Waals surface area contributed by atoms with Gasteiger partial charge in [0.2, 0.25) is 5.82 Å². The Kier molecular flexibility index (Phi) is 7.00. The van der Waals surface area contributed by atoms with Crippen LogP contribution in [0.5, 0.6) is 0 Å². The van der Waals surface area contributed by atoms with Crippen LogP contribution in [-0.2, 0) is 32.1 Å². The molecule has 0 aliphatic heterocycles. The number of sulfone groups is 1. The Bertz CT molecular complexity index is 1260. The van der Waals surface area contributed by atoms with Crippen molar-refractivity contribution in [3.05, 3.63) is 34.4 Å². The first-order valence-electron chi connectivity index (χ1n) is 8.54. The lowest BCUT2D eigenvalue weighted by molar-refractivity contribution is -0.145. The third-order valence-corrected chi connectivity index (χ3v) is 6.14. The van der Waals surface area contributed by atoms with E-state index in [0.29, 0.717) is 0 Å². The number of aromatic nitrogens is 4. The number of ether oxygens (including phenoxy) is 1. The Labute approximate surface area is 192 Å². The molecule has 1 aromatic carbocycles. The number of thioether (sulfide) groups is 1. The quantitative estimate of drug-likeness (QED) is 0.318. The molecule has 0 amide bonds. The molecule has 0 fully saturated rings. The zero-order valence-electron chi connectivity index (χ0n) is 16.4. The summed E-state index contributed by atoms with van der Waals surface area (Å²) in [4.78, 5) is 16.0. The fraction of sp³-hybridized carbons (Fsp3) is 0.294. The van der Waals surface area contributed by atoms with E-state index in [1.807, 2.05) is 0 Å². The normalized spacial score (nSPS) is 12.2. The Balaban J connectivity index is 2.05. The van der Waals surface area contributed by atoms with Crippen LogP contribution in [0.1, 0.15) is 5.69 Å². The Hall–Kier alpha value is -2.39. The predicted octanol–water partition coefficient (Wildman–Crippen LogP) is 3.65. The van der Waals surface area contributed by atoms with E-state index in [9.17, 15) is 26.4 Å². The van der Waals surface area contributed by atoms with Crippen molar-refractivity contribution in [2.45, 2.75) is 17.6 Å². The molecule has 0 aliphatic rings. The van der Waals surface area contributed by atoms with Crippen LogP contribution < -0.4 is 0 Å². The topological polar surface area (TPSA) is 117 Å². The summed E-state index contributed by atoms with van der Waals surface area (Å²) in [5.74, 6) is -1.23. The van der Waals surface area contributed by atoms with Crippen LogP contribution in [0.3, 0.4) is 0 Å². The number of hydrogen-bond donors (Lipinski definition) is 0. The van der Waals surface area contributed by atoms with Gasteiger partial charge in [-0.2, -0.15) is 23.3 Å². The van der Waals surface area contributed by atoms with E-state index >= 15 is 0 Å². The highest BCUT2D eigenvalue weighted by atomic mass is 79.9. The van der Waals surface area contributed by atoms with Crippen LogP contribution in [0.2, 0.25) is 0 Å². The van der Waals surface area contributed by atoms with Crippen molar-refractivity contribution >= 4 is 43.5 Å². The molecule has 3 aromatic rings. The monoisotopic (exact) mass is 554 g/mol. The maximum absolute atomic E-state index is 13.4. The second kappa shape index (κ2) is 9.23. The number of esters is 1. The fourth-order valence-electron chi connectivity index (χ4n) is 2.54. The van der Waals surface area contributed by atoms with Crippen LogP contribution in [0, 0.1) is 0 Å². The van der Waals surface area contributed by atoms with Crippen molar-refractivity contribution < 1.29 is 35.6 Å². The standard InChI is InChI=1S/C17H14BrF3N4O5S2/c1-31-8-29-11(26)7-25-13(12(18)14(23-25)17(19,20)21)16-22-15(24-30-16)9-4-3-5-10(6-9)32(2,27)28/h3-6H,7-8H2,1-2H3. The van der Waals surface area contributed by atoms with Crippen molar-refractivity contribution in [1.82, 2.24) is 19.9 Å². The van der Waals surface area contributed by atoms with Gasteiger partial charge in [0.1, 0.15) is 18.2 Å². The van der Waals surface area contributed by atoms with E-state index in [2.05, 4.69) is 31.2 Å². The highest BCUT2D eigenvalue weighted by molar-refractivity contribution is 9.10. The zero-order chi connectivity index (χ0) is 23.7. The molecule has 0 bridgehead atoms. The predicted molar refractivity (Wildman–Crippen MR) is 111 cm³/mol. The SMILES string of the molecule is CSCOC(=O)Cn1nc(C(F)(F)F)c(Br)c1-c1nc(-c2cccc(S(C)(=O)=O)c2)no1. The number of halogens is 4. The summed E-state index contributed by atoms with van der Waals surface area (Å²) in [6, 6.07) is 5.65. The van der Waals surface area contributed by atoms with Gasteiger partial charge < -0.3 is 9.26 Å². The van der Waals surface area contributed by atoms with Gasteiger partial charge in [0, 0.05) is 11.8 Å².